The molecule has 1 aromatic carbocycles. The highest BCUT2D eigenvalue weighted by Gasteiger charge is 2.32. The van der Waals surface area contributed by atoms with Crippen LogP contribution in [0.15, 0.2) is 18.2 Å². The van der Waals surface area contributed by atoms with Crippen LogP contribution in [-0.2, 0) is 4.79 Å². The van der Waals surface area contributed by atoms with Gasteiger partial charge in [-0.15, -0.1) is 0 Å². The van der Waals surface area contributed by atoms with Gasteiger partial charge < -0.3 is 14.7 Å². The molecule has 21 heavy (non-hydrogen) atoms. The van der Waals surface area contributed by atoms with Gasteiger partial charge in [-0.3, -0.25) is 9.59 Å². The van der Waals surface area contributed by atoms with Gasteiger partial charge in [-0.1, -0.05) is 11.6 Å². The Morgan fingerprint density at radius 2 is 2.14 bits per heavy atom. The van der Waals surface area contributed by atoms with E-state index in [4.69, 9.17) is 16.7 Å². The quantitative estimate of drug-likeness (QED) is 0.926. The lowest BCUT2D eigenvalue weighted by Crippen LogP contribution is -2.30. The molecule has 0 bridgehead atoms. The first-order valence-electron chi connectivity index (χ1n) is 6.15. The van der Waals surface area contributed by atoms with Crippen LogP contribution in [-0.4, -0.2) is 41.6 Å². The molecule has 8 heteroatoms. The molecule has 2 rings (SSSR count). The number of rotatable bonds is 4. The molecule has 0 radical (unpaired) electrons. The lowest BCUT2D eigenvalue weighted by Gasteiger charge is -2.18. The second-order valence-corrected chi connectivity index (χ2v) is 5.03. The predicted octanol–water partition coefficient (Wildman–Crippen LogP) is 2.49. The first-order valence-corrected chi connectivity index (χ1v) is 6.52. The van der Waals surface area contributed by atoms with E-state index in [9.17, 15) is 18.4 Å². The molecule has 0 spiro atoms. The maximum absolute atomic E-state index is 12.4. The van der Waals surface area contributed by atoms with Crippen molar-refractivity contribution in [1.82, 2.24) is 4.90 Å². The molecule has 1 aliphatic heterocycles. The Bertz CT molecular complexity index is 567. The molecule has 0 saturated carbocycles. The SMILES string of the molecule is O=C(O)C1CCN(C(=O)c2cc(Cl)ccc2OC(F)F)C1. The van der Waals surface area contributed by atoms with Crippen LogP contribution in [0.25, 0.3) is 0 Å². The molecule has 1 fully saturated rings. The average Bonchev–Trinajstić information content (AvgIpc) is 2.89. The molecule has 1 saturated heterocycles. The van der Waals surface area contributed by atoms with E-state index in [1.807, 2.05) is 0 Å². The van der Waals surface area contributed by atoms with Crippen LogP contribution in [0.3, 0.4) is 0 Å². The van der Waals surface area contributed by atoms with Crippen LogP contribution in [0.4, 0.5) is 8.78 Å². The third-order valence-electron chi connectivity index (χ3n) is 3.21. The minimum atomic E-state index is -3.07. The van der Waals surface area contributed by atoms with Gasteiger partial charge in [0.25, 0.3) is 5.91 Å². The lowest BCUT2D eigenvalue weighted by atomic mass is 10.1. The number of hydrogen-bond donors (Lipinski definition) is 1. The fraction of sp³-hybridized carbons (Fsp3) is 0.385. The summed E-state index contributed by atoms with van der Waals surface area (Å²) >= 11 is 5.78. The summed E-state index contributed by atoms with van der Waals surface area (Å²) in [5.74, 6) is -2.48. The number of aliphatic carboxylic acids is 1. The number of carboxylic acids is 1. The second-order valence-electron chi connectivity index (χ2n) is 4.59. The third kappa shape index (κ3) is 3.60. The minimum absolute atomic E-state index is 0.0365. The first-order chi connectivity index (χ1) is 9.88. The normalized spacial score (nSPS) is 18.1. The molecule has 1 heterocycles. The number of carboxylic acid groups (broad SMARTS) is 1. The Kier molecular flexibility index (Phi) is 4.62. The monoisotopic (exact) mass is 319 g/mol. The fourth-order valence-electron chi connectivity index (χ4n) is 2.18. The summed E-state index contributed by atoms with van der Waals surface area (Å²) in [6.45, 7) is -2.78. The fourth-order valence-corrected chi connectivity index (χ4v) is 2.36. The van der Waals surface area contributed by atoms with Gasteiger partial charge in [0, 0.05) is 18.1 Å². The van der Waals surface area contributed by atoms with Gasteiger partial charge in [0.2, 0.25) is 0 Å². The van der Waals surface area contributed by atoms with Crippen LogP contribution >= 0.6 is 11.6 Å². The topological polar surface area (TPSA) is 66.8 Å². The van der Waals surface area contributed by atoms with Gasteiger partial charge in [0.05, 0.1) is 11.5 Å². The van der Waals surface area contributed by atoms with Gasteiger partial charge in [0.15, 0.2) is 0 Å². The van der Waals surface area contributed by atoms with Crippen LogP contribution in [0.5, 0.6) is 5.75 Å². The van der Waals surface area contributed by atoms with Crippen molar-refractivity contribution in [2.24, 2.45) is 5.92 Å². The number of amides is 1. The van der Waals surface area contributed by atoms with Crippen molar-refractivity contribution in [3.8, 4) is 5.75 Å². The molecule has 1 unspecified atom stereocenters. The maximum Gasteiger partial charge on any atom is 0.387 e. The zero-order valence-corrected chi connectivity index (χ0v) is 11.5. The molecule has 1 aliphatic rings. The summed E-state index contributed by atoms with van der Waals surface area (Å²) in [5, 5.41) is 9.12. The number of carbonyl (C=O) groups excluding carboxylic acids is 1. The second kappa shape index (κ2) is 6.26. The van der Waals surface area contributed by atoms with Gasteiger partial charge in [0.1, 0.15) is 5.75 Å². The zero-order valence-electron chi connectivity index (χ0n) is 10.8. The molecule has 0 aliphatic carbocycles. The Morgan fingerprint density at radius 3 is 2.71 bits per heavy atom. The van der Waals surface area contributed by atoms with E-state index >= 15 is 0 Å². The number of carbonyl (C=O) groups is 2. The van der Waals surface area contributed by atoms with Crippen molar-refractivity contribution in [2.75, 3.05) is 13.1 Å². The number of nitrogens with zero attached hydrogens (tertiary/aromatic N) is 1. The highest BCUT2D eigenvalue weighted by Crippen LogP contribution is 2.28. The van der Waals surface area contributed by atoms with Crippen molar-refractivity contribution in [3.63, 3.8) is 0 Å². The third-order valence-corrected chi connectivity index (χ3v) is 3.45. The molecule has 5 nitrogen and oxygen atoms in total. The summed E-state index contributed by atoms with van der Waals surface area (Å²) in [5.41, 5.74) is -0.103. The van der Waals surface area contributed by atoms with Gasteiger partial charge in [-0.25, -0.2) is 0 Å². The Hall–Kier alpha value is -1.89. The highest BCUT2D eigenvalue weighted by molar-refractivity contribution is 6.31. The van der Waals surface area contributed by atoms with E-state index in [0.717, 1.165) is 0 Å². The molecular weight excluding hydrogens is 308 g/mol. The molecular formula is C13H12ClF2NO4. The number of benzene rings is 1. The number of hydrogen-bond acceptors (Lipinski definition) is 3. The van der Waals surface area contributed by atoms with Gasteiger partial charge >= 0.3 is 12.6 Å². The predicted molar refractivity (Wildman–Crippen MR) is 69.7 cm³/mol. The summed E-state index contributed by atoms with van der Waals surface area (Å²) < 4.78 is 29.0. The van der Waals surface area contributed by atoms with Crippen LogP contribution in [0.1, 0.15) is 16.8 Å². The van der Waals surface area contributed by atoms with Gasteiger partial charge in [-0.2, -0.15) is 8.78 Å². The van der Waals surface area contributed by atoms with Crippen LogP contribution in [0, 0.1) is 5.92 Å². The smallest absolute Gasteiger partial charge is 0.387 e. The Morgan fingerprint density at radius 1 is 1.43 bits per heavy atom. The largest absolute Gasteiger partial charge is 0.481 e. The number of ether oxygens (including phenoxy) is 1. The summed E-state index contributed by atoms with van der Waals surface area (Å²) in [6.07, 6.45) is 0.326. The average molecular weight is 320 g/mol. The van der Waals surface area contributed by atoms with Crippen LogP contribution in [0.2, 0.25) is 5.02 Å². The number of alkyl halides is 2. The van der Waals surface area contributed by atoms with Crippen molar-refractivity contribution >= 4 is 23.5 Å². The van der Waals surface area contributed by atoms with Crippen LogP contribution < -0.4 is 4.74 Å². The molecule has 114 valence electrons. The molecule has 1 amide bonds. The van der Waals surface area contributed by atoms with E-state index in [1.165, 1.54) is 23.1 Å². The molecule has 0 aromatic heterocycles. The maximum atomic E-state index is 12.4. The Labute approximate surface area is 124 Å². The van der Waals surface area contributed by atoms with E-state index in [2.05, 4.69) is 4.74 Å². The Balaban J connectivity index is 2.22. The molecule has 1 N–H and O–H groups in total. The van der Waals surface area contributed by atoms with Crippen molar-refractivity contribution in [1.29, 1.82) is 0 Å². The van der Waals surface area contributed by atoms with E-state index in [1.54, 1.807) is 0 Å². The number of likely N-dealkylation sites (tertiary alicyclic amines) is 1. The van der Waals surface area contributed by atoms with E-state index in [0.29, 0.717) is 6.42 Å². The van der Waals surface area contributed by atoms with Crippen molar-refractivity contribution in [3.05, 3.63) is 28.8 Å². The first kappa shape index (κ1) is 15.5. The summed E-state index contributed by atoms with van der Waals surface area (Å²) in [4.78, 5) is 24.5. The standard InChI is InChI=1S/C13H12ClF2NO4/c14-8-1-2-10(21-13(15)16)9(5-8)11(18)17-4-3-7(6-17)12(19)20/h1-2,5,7,13H,3-4,6H2,(H,19,20). The van der Waals surface area contributed by atoms with E-state index in [-0.39, 0.29) is 29.4 Å². The van der Waals surface area contributed by atoms with Crippen molar-refractivity contribution < 1.29 is 28.2 Å². The van der Waals surface area contributed by atoms with Gasteiger partial charge in [-0.05, 0) is 24.6 Å². The van der Waals surface area contributed by atoms with Crippen molar-refractivity contribution in [2.45, 2.75) is 13.0 Å². The number of halogens is 3. The summed E-state index contributed by atoms with van der Waals surface area (Å²) in [6, 6.07) is 3.75. The molecule has 1 atom stereocenters. The minimum Gasteiger partial charge on any atom is -0.481 e. The summed E-state index contributed by atoms with van der Waals surface area (Å²) in [7, 11) is 0. The highest BCUT2D eigenvalue weighted by atomic mass is 35.5. The van der Waals surface area contributed by atoms with E-state index < -0.39 is 24.4 Å². The molecule has 1 aromatic rings. The zero-order chi connectivity index (χ0) is 15.6. The lowest BCUT2D eigenvalue weighted by molar-refractivity contribution is -0.141.